The Hall–Kier alpha value is -2.15. The molecule has 0 radical (unpaired) electrons. The van der Waals surface area contributed by atoms with Gasteiger partial charge < -0.3 is 4.90 Å². The molecule has 1 N–H and O–H groups in total. The van der Waals surface area contributed by atoms with Gasteiger partial charge in [-0.2, -0.15) is 0 Å². The Morgan fingerprint density at radius 1 is 1.04 bits per heavy atom. The number of benzene rings is 1. The number of nitrogens with one attached hydrogen (secondary N) is 1. The van der Waals surface area contributed by atoms with Crippen molar-refractivity contribution in [3.05, 3.63) is 41.5 Å². The van der Waals surface area contributed by atoms with Crippen molar-refractivity contribution in [2.24, 2.45) is 5.92 Å². The minimum Gasteiger partial charge on any atom is -0.355 e. The Bertz CT molecular complexity index is 912. The van der Waals surface area contributed by atoms with Crippen molar-refractivity contribution in [2.75, 3.05) is 22.7 Å². The summed E-state index contributed by atoms with van der Waals surface area (Å²) in [4.78, 5) is 2.50. The fourth-order valence-corrected chi connectivity index (χ4v) is 5.07. The van der Waals surface area contributed by atoms with Gasteiger partial charge in [0.2, 0.25) is 0 Å². The second-order valence-electron chi connectivity index (χ2n) is 7.71. The number of fused-ring (bicyclic) bond motifs is 1. The third kappa shape index (κ3) is 4.08. The van der Waals surface area contributed by atoms with E-state index in [1.807, 2.05) is 12.1 Å². The topological polar surface area (TPSA) is 75.2 Å². The van der Waals surface area contributed by atoms with Gasteiger partial charge in [0.1, 0.15) is 0 Å². The fourth-order valence-electron chi connectivity index (χ4n) is 4.02. The molecule has 2 aromatic rings. The van der Waals surface area contributed by atoms with E-state index in [2.05, 4.69) is 26.7 Å². The first-order chi connectivity index (χ1) is 13.0. The fraction of sp³-hybridized carbons (Fsp3) is 0.500. The van der Waals surface area contributed by atoms with Gasteiger partial charge in [-0.15, -0.1) is 10.2 Å². The third-order valence-corrected chi connectivity index (χ3v) is 6.85. The lowest BCUT2D eigenvalue weighted by Crippen LogP contribution is -2.34. The quantitative estimate of drug-likeness (QED) is 0.872. The van der Waals surface area contributed by atoms with Crippen molar-refractivity contribution >= 4 is 21.7 Å². The lowest BCUT2D eigenvalue weighted by Gasteiger charge is -2.31. The summed E-state index contributed by atoms with van der Waals surface area (Å²) in [5.41, 5.74) is 2.41. The smallest absolute Gasteiger partial charge is 0.263 e. The molecule has 0 saturated carbocycles. The summed E-state index contributed by atoms with van der Waals surface area (Å²) in [6.45, 7) is 4.18. The Labute approximate surface area is 161 Å². The summed E-state index contributed by atoms with van der Waals surface area (Å²) in [5, 5.41) is 8.33. The van der Waals surface area contributed by atoms with Gasteiger partial charge in [-0.25, -0.2) is 8.42 Å². The van der Waals surface area contributed by atoms with Crippen LogP contribution in [0.25, 0.3) is 0 Å². The van der Waals surface area contributed by atoms with Gasteiger partial charge in [-0.3, -0.25) is 4.72 Å². The van der Waals surface area contributed by atoms with Gasteiger partial charge in [0.25, 0.3) is 10.0 Å². The minimum atomic E-state index is -3.66. The molecule has 1 unspecified atom stereocenters. The van der Waals surface area contributed by atoms with Crippen molar-refractivity contribution in [1.82, 2.24) is 10.2 Å². The summed E-state index contributed by atoms with van der Waals surface area (Å²) in [6.07, 6.45) is 6.66. The number of hydrogen-bond donors (Lipinski definition) is 1. The monoisotopic (exact) mass is 386 g/mol. The van der Waals surface area contributed by atoms with Crippen LogP contribution in [-0.2, 0) is 22.9 Å². The first-order valence-electron chi connectivity index (χ1n) is 9.74. The molecule has 1 aromatic heterocycles. The Kier molecular flexibility index (Phi) is 5.04. The molecule has 4 rings (SSSR count). The van der Waals surface area contributed by atoms with Gasteiger partial charge in [0.15, 0.2) is 11.6 Å². The van der Waals surface area contributed by atoms with Crippen LogP contribution in [0.15, 0.2) is 35.2 Å². The van der Waals surface area contributed by atoms with Crippen LogP contribution in [0.5, 0.6) is 0 Å². The number of sulfonamides is 1. The Balaban J connectivity index is 1.49. The highest BCUT2D eigenvalue weighted by atomic mass is 32.2. The molecule has 0 amide bonds. The van der Waals surface area contributed by atoms with Crippen molar-refractivity contribution < 1.29 is 8.42 Å². The lowest BCUT2D eigenvalue weighted by atomic mass is 9.92. The van der Waals surface area contributed by atoms with Crippen molar-refractivity contribution in [3.8, 4) is 0 Å². The van der Waals surface area contributed by atoms with E-state index in [9.17, 15) is 8.42 Å². The number of hydrogen-bond acceptors (Lipinski definition) is 5. The number of aryl methyl sites for hydroxylation is 2. The molecule has 1 aliphatic carbocycles. The van der Waals surface area contributed by atoms with Crippen LogP contribution in [0.1, 0.15) is 43.7 Å². The highest BCUT2D eigenvalue weighted by Gasteiger charge is 2.20. The zero-order valence-corrected chi connectivity index (χ0v) is 16.5. The standard InChI is InChI=1S/C20H26N4O2S/c1-15-5-4-12-24(14-15)20-11-10-19(21-22-20)23-27(25,26)18-9-8-16-6-2-3-7-17(16)13-18/h8-11,13,15H,2-7,12,14H2,1H3,(H,21,23). The molecule has 6 nitrogen and oxygen atoms in total. The van der Waals surface area contributed by atoms with Crippen LogP contribution in [0.2, 0.25) is 0 Å². The summed E-state index contributed by atoms with van der Waals surface area (Å²) >= 11 is 0. The Morgan fingerprint density at radius 2 is 1.85 bits per heavy atom. The zero-order chi connectivity index (χ0) is 18.9. The zero-order valence-electron chi connectivity index (χ0n) is 15.7. The number of rotatable bonds is 4. The van der Waals surface area contributed by atoms with E-state index in [1.54, 1.807) is 18.2 Å². The molecule has 1 saturated heterocycles. The van der Waals surface area contributed by atoms with Gasteiger partial charge in [0, 0.05) is 13.1 Å². The van der Waals surface area contributed by atoms with E-state index in [-0.39, 0.29) is 5.82 Å². The first-order valence-corrected chi connectivity index (χ1v) is 11.2. The van der Waals surface area contributed by atoms with Crippen LogP contribution < -0.4 is 9.62 Å². The van der Waals surface area contributed by atoms with E-state index in [0.717, 1.165) is 50.2 Å². The molecular formula is C20H26N4O2S. The van der Waals surface area contributed by atoms with E-state index < -0.39 is 10.0 Å². The summed E-state index contributed by atoms with van der Waals surface area (Å²) < 4.78 is 28.0. The molecule has 1 fully saturated rings. The van der Waals surface area contributed by atoms with Gasteiger partial charge >= 0.3 is 0 Å². The van der Waals surface area contributed by atoms with E-state index in [0.29, 0.717) is 10.8 Å². The Morgan fingerprint density at radius 3 is 2.59 bits per heavy atom. The van der Waals surface area contributed by atoms with Crippen molar-refractivity contribution in [1.29, 1.82) is 0 Å². The summed E-state index contributed by atoms with van der Waals surface area (Å²) in [6, 6.07) is 8.96. The van der Waals surface area contributed by atoms with Crippen molar-refractivity contribution in [2.45, 2.75) is 50.3 Å². The minimum absolute atomic E-state index is 0.251. The number of piperidine rings is 1. The third-order valence-electron chi connectivity index (χ3n) is 5.50. The second kappa shape index (κ2) is 7.46. The molecule has 1 aromatic carbocycles. The molecule has 2 heterocycles. The summed E-state index contributed by atoms with van der Waals surface area (Å²) in [7, 11) is -3.66. The highest BCUT2D eigenvalue weighted by Crippen LogP contribution is 2.25. The number of anilines is 2. The van der Waals surface area contributed by atoms with E-state index in [1.165, 1.54) is 18.4 Å². The van der Waals surface area contributed by atoms with Gasteiger partial charge in [-0.1, -0.05) is 13.0 Å². The lowest BCUT2D eigenvalue weighted by molar-refractivity contribution is 0.444. The second-order valence-corrected chi connectivity index (χ2v) is 9.40. The van der Waals surface area contributed by atoms with Crippen LogP contribution in [0, 0.1) is 5.92 Å². The van der Waals surface area contributed by atoms with E-state index >= 15 is 0 Å². The van der Waals surface area contributed by atoms with Crippen LogP contribution in [0.4, 0.5) is 11.6 Å². The van der Waals surface area contributed by atoms with Crippen molar-refractivity contribution in [3.63, 3.8) is 0 Å². The predicted molar refractivity (Wildman–Crippen MR) is 107 cm³/mol. The molecule has 2 aliphatic rings. The number of nitrogens with zero attached hydrogens (tertiary/aromatic N) is 3. The average molecular weight is 387 g/mol. The maximum atomic E-state index is 12.7. The molecule has 144 valence electrons. The maximum absolute atomic E-state index is 12.7. The normalized spacial score (nSPS) is 20.2. The summed E-state index contributed by atoms with van der Waals surface area (Å²) in [5.74, 6) is 1.70. The van der Waals surface area contributed by atoms with Gasteiger partial charge in [-0.05, 0) is 79.8 Å². The molecule has 1 aliphatic heterocycles. The molecule has 7 heteroatoms. The molecule has 0 spiro atoms. The average Bonchev–Trinajstić information content (AvgIpc) is 2.68. The largest absolute Gasteiger partial charge is 0.355 e. The number of aromatic nitrogens is 2. The highest BCUT2D eigenvalue weighted by molar-refractivity contribution is 7.92. The van der Waals surface area contributed by atoms with Crippen LogP contribution >= 0.6 is 0 Å². The molecule has 0 bridgehead atoms. The van der Waals surface area contributed by atoms with Crippen LogP contribution in [-0.4, -0.2) is 31.7 Å². The molecule has 27 heavy (non-hydrogen) atoms. The SMILES string of the molecule is CC1CCCN(c2ccc(NS(=O)(=O)c3ccc4c(c3)CCCC4)nn2)C1. The molecular weight excluding hydrogens is 360 g/mol. The first kappa shape index (κ1) is 18.2. The van der Waals surface area contributed by atoms with Crippen LogP contribution in [0.3, 0.4) is 0 Å². The maximum Gasteiger partial charge on any atom is 0.263 e. The van der Waals surface area contributed by atoms with E-state index in [4.69, 9.17) is 0 Å². The van der Waals surface area contributed by atoms with Gasteiger partial charge in [0.05, 0.1) is 4.90 Å². The predicted octanol–water partition coefficient (Wildman–Crippen LogP) is 3.39. The molecule has 1 atom stereocenters.